The molecule has 3 aliphatic rings. The number of carbonyl (C=O) groups excluding carboxylic acids is 2. The third-order valence-electron chi connectivity index (χ3n) is 4.65. The molecule has 0 N–H and O–H groups in total. The summed E-state index contributed by atoms with van der Waals surface area (Å²) >= 11 is 0. The maximum Gasteiger partial charge on any atom is 0.309 e. The molecule has 1 aliphatic carbocycles. The lowest BCUT2D eigenvalue weighted by molar-refractivity contribution is -0.224. The molecule has 0 aromatic heterocycles. The molecule has 92 valence electrons. The highest BCUT2D eigenvalue weighted by Crippen LogP contribution is 2.62. The normalized spacial score (nSPS) is 47.4. The number of rotatable bonds is 2. The first-order chi connectivity index (χ1) is 8.04. The maximum absolute atomic E-state index is 11.6. The van der Waals surface area contributed by atoms with Gasteiger partial charge in [-0.05, 0) is 18.1 Å². The Hall–Kier alpha value is -1.16. The topological polar surface area (TPSA) is 52.6 Å². The van der Waals surface area contributed by atoms with Crippen molar-refractivity contribution in [1.82, 2.24) is 0 Å². The van der Waals surface area contributed by atoms with E-state index in [0.29, 0.717) is 19.3 Å². The SMILES string of the molecule is CC[C@@]12OC(=O)C[C@]1(C)[C@H]1CC(C=O)=C[C@H]1O2. The van der Waals surface area contributed by atoms with Crippen molar-refractivity contribution in [1.29, 1.82) is 0 Å². The van der Waals surface area contributed by atoms with Crippen molar-refractivity contribution in [3.63, 3.8) is 0 Å². The third-order valence-corrected chi connectivity index (χ3v) is 4.65. The molecule has 0 aromatic rings. The lowest BCUT2D eigenvalue weighted by Gasteiger charge is -2.35. The van der Waals surface area contributed by atoms with Crippen molar-refractivity contribution >= 4 is 12.3 Å². The summed E-state index contributed by atoms with van der Waals surface area (Å²) in [5, 5.41) is 0. The van der Waals surface area contributed by atoms with Crippen molar-refractivity contribution in [2.75, 3.05) is 0 Å². The van der Waals surface area contributed by atoms with E-state index in [2.05, 4.69) is 0 Å². The molecule has 0 radical (unpaired) electrons. The number of esters is 1. The molecule has 3 rings (SSSR count). The average Bonchev–Trinajstić information content (AvgIpc) is 2.85. The van der Waals surface area contributed by atoms with E-state index in [0.717, 1.165) is 11.9 Å². The smallest absolute Gasteiger partial charge is 0.309 e. The quantitative estimate of drug-likeness (QED) is 0.539. The third kappa shape index (κ3) is 1.16. The second-order valence-corrected chi connectivity index (χ2v) is 5.43. The molecule has 2 saturated heterocycles. The minimum Gasteiger partial charge on any atom is -0.432 e. The highest BCUT2D eigenvalue weighted by Gasteiger charge is 2.69. The van der Waals surface area contributed by atoms with Crippen molar-refractivity contribution in [2.24, 2.45) is 11.3 Å². The first-order valence-electron chi connectivity index (χ1n) is 6.10. The molecule has 2 fully saturated rings. The fraction of sp³-hybridized carbons (Fsp3) is 0.692. The van der Waals surface area contributed by atoms with Gasteiger partial charge in [0.05, 0.1) is 12.5 Å². The van der Waals surface area contributed by atoms with Gasteiger partial charge in [-0.1, -0.05) is 13.8 Å². The van der Waals surface area contributed by atoms with Gasteiger partial charge in [-0.25, -0.2) is 0 Å². The van der Waals surface area contributed by atoms with E-state index in [-0.39, 0.29) is 23.4 Å². The molecular formula is C13H16O4. The van der Waals surface area contributed by atoms with E-state index in [1.807, 2.05) is 19.9 Å². The number of aldehydes is 1. The minimum absolute atomic E-state index is 0.0757. The molecule has 2 heterocycles. The summed E-state index contributed by atoms with van der Waals surface area (Å²) in [4.78, 5) is 22.4. The van der Waals surface area contributed by atoms with Gasteiger partial charge >= 0.3 is 5.97 Å². The van der Waals surface area contributed by atoms with Crippen LogP contribution in [-0.2, 0) is 19.1 Å². The van der Waals surface area contributed by atoms with Crippen LogP contribution in [0.3, 0.4) is 0 Å². The zero-order valence-corrected chi connectivity index (χ0v) is 10.1. The Morgan fingerprint density at radius 3 is 3.00 bits per heavy atom. The predicted octanol–water partition coefficient (Wildman–Crippen LogP) is 1.59. The van der Waals surface area contributed by atoms with Crippen LogP contribution in [0.5, 0.6) is 0 Å². The number of ether oxygens (including phenoxy) is 2. The van der Waals surface area contributed by atoms with Gasteiger partial charge in [0.2, 0.25) is 5.79 Å². The number of hydrogen-bond donors (Lipinski definition) is 0. The monoisotopic (exact) mass is 236 g/mol. The second kappa shape index (κ2) is 3.19. The maximum atomic E-state index is 11.6. The second-order valence-electron chi connectivity index (χ2n) is 5.43. The molecule has 2 aliphatic heterocycles. The van der Waals surface area contributed by atoms with E-state index in [4.69, 9.17) is 9.47 Å². The standard InChI is InChI=1S/C13H16O4/c1-3-13-12(2,6-11(15)17-13)9-4-8(7-14)5-10(9)16-13/h5,7,9-10H,3-4,6H2,1-2H3/t9-,10+,12+,13+/m0/s1. The summed E-state index contributed by atoms with van der Waals surface area (Å²) in [5.41, 5.74) is 0.482. The van der Waals surface area contributed by atoms with Gasteiger partial charge in [0, 0.05) is 17.8 Å². The van der Waals surface area contributed by atoms with Gasteiger partial charge in [0.15, 0.2) is 0 Å². The van der Waals surface area contributed by atoms with E-state index < -0.39 is 5.79 Å². The summed E-state index contributed by atoms with van der Waals surface area (Å²) in [7, 11) is 0. The Bertz CT molecular complexity index is 427. The number of carbonyl (C=O) groups is 2. The summed E-state index contributed by atoms with van der Waals surface area (Å²) in [6.45, 7) is 4.02. The van der Waals surface area contributed by atoms with E-state index in [1.165, 1.54) is 0 Å². The number of hydrogen-bond acceptors (Lipinski definition) is 4. The molecular weight excluding hydrogens is 220 g/mol. The summed E-state index contributed by atoms with van der Waals surface area (Å²) in [6.07, 6.45) is 4.44. The van der Waals surface area contributed by atoms with Gasteiger partial charge in [0.1, 0.15) is 6.29 Å². The van der Waals surface area contributed by atoms with E-state index in [9.17, 15) is 9.59 Å². The highest BCUT2D eigenvalue weighted by molar-refractivity contribution is 5.76. The van der Waals surface area contributed by atoms with Crippen LogP contribution < -0.4 is 0 Å². The largest absolute Gasteiger partial charge is 0.432 e. The van der Waals surface area contributed by atoms with Crippen molar-refractivity contribution in [3.05, 3.63) is 11.6 Å². The zero-order valence-electron chi connectivity index (χ0n) is 10.1. The Morgan fingerprint density at radius 1 is 1.59 bits per heavy atom. The van der Waals surface area contributed by atoms with Crippen LogP contribution in [0.1, 0.15) is 33.1 Å². The number of fused-ring (bicyclic) bond motifs is 3. The highest BCUT2D eigenvalue weighted by atomic mass is 16.7. The summed E-state index contributed by atoms with van der Waals surface area (Å²) in [6, 6.07) is 0. The Labute approximate surface area is 100.0 Å². The Kier molecular flexibility index (Phi) is 2.06. The molecule has 4 heteroatoms. The van der Waals surface area contributed by atoms with Gasteiger partial charge in [0.25, 0.3) is 0 Å². The summed E-state index contributed by atoms with van der Waals surface area (Å²) < 4.78 is 11.4. The van der Waals surface area contributed by atoms with Crippen LogP contribution in [0, 0.1) is 11.3 Å². The molecule has 0 spiro atoms. The lowest BCUT2D eigenvalue weighted by atomic mass is 9.69. The van der Waals surface area contributed by atoms with Gasteiger partial charge < -0.3 is 9.47 Å². The predicted molar refractivity (Wildman–Crippen MR) is 59.0 cm³/mol. The van der Waals surface area contributed by atoms with Crippen LogP contribution in [0.4, 0.5) is 0 Å². The molecule has 0 saturated carbocycles. The lowest BCUT2D eigenvalue weighted by Crippen LogP contribution is -2.42. The zero-order chi connectivity index (χ0) is 12.3. The Balaban J connectivity index is 2.00. The average molecular weight is 236 g/mol. The molecule has 4 nitrogen and oxygen atoms in total. The summed E-state index contributed by atoms with van der Waals surface area (Å²) in [5.74, 6) is -0.772. The van der Waals surface area contributed by atoms with Crippen LogP contribution in [0.15, 0.2) is 11.6 Å². The Morgan fingerprint density at radius 2 is 2.35 bits per heavy atom. The molecule has 0 bridgehead atoms. The van der Waals surface area contributed by atoms with Gasteiger partial charge in [-0.2, -0.15) is 0 Å². The van der Waals surface area contributed by atoms with Gasteiger partial charge in [-0.15, -0.1) is 0 Å². The molecule has 17 heavy (non-hydrogen) atoms. The van der Waals surface area contributed by atoms with E-state index >= 15 is 0 Å². The molecule has 4 atom stereocenters. The molecule has 0 aromatic carbocycles. The van der Waals surface area contributed by atoms with Crippen molar-refractivity contribution in [2.45, 2.75) is 45.0 Å². The van der Waals surface area contributed by atoms with E-state index in [1.54, 1.807) is 0 Å². The van der Waals surface area contributed by atoms with Crippen molar-refractivity contribution in [3.8, 4) is 0 Å². The first kappa shape index (κ1) is 11.0. The first-order valence-corrected chi connectivity index (χ1v) is 6.10. The number of allylic oxidation sites excluding steroid dienone is 1. The van der Waals surface area contributed by atoms with Crippen LogP contribution in [0.25, 0.3) is 0 Å². The fourth-order valence-electron chi connectivity index (χ4n) is 3.68. The fourth-order valence-corrected chi connectivity index (χ4v) is 3.68. The van der Waals surface area contributed by atoms with Crippen molar-refractivity contribution < 1.29 is 19.1 Å². The minimum atomic E-state index is -0.773. The van der Waals surface area contributed by atoms with Crippen LogP contribution in [0.2, 0.25) is 0 Å². The molecule has 0 amide bonds. The van der Waals surface area contributed by atoms with Crippen LogP contribution >= 0.6 is 0 Å². The van der Waals surface area contributed by atoms with Crippen LogP contribution in [-0.4, -0.2) is 24.1 Å². The molecule has 0 unspecified atom stereocenters. The van der Waals surface area contributed by atoms with Gasteiger partial charge in [-0.3, -0.25) is 9.59 Å².